The van der Waals surface area contributed by atoms with Crippen molar-refractivity contribution in [1.82, 2.24) is 9.29 Å². The first-order valence-corrected chi connectivity index (χ1v) is 9.42. The summed E-state index contributed by atoms with van der Waals surface area (Å²) in [5.41, 5.74) is 2.50. The van der Waals surface area contributed by atoms with Crippen molar-refractivity contribution in [3.63, 3.8) is 0 Å². The molecular formula is C16H10Cl2N4OS2. The fourth-order valence-electron chi connectivity index (χ4n) is 2.26. The van der Waals surface area contributed by atoms with Gasteiger partial charge in [-0.2, -0.15) is 4.98 Å². The van der Waals surface area contributed by atoms with Crippen LogP contribution in [-0.2, 0) is 0 Å². The molecule has 2 N–H and O–H groups in total. The molecule has 2 aromatic rings. The molecule has 0 bridgehead atoms. The normalized spacial score (nSPS) is 17.1. The van der Waals surface area contributed by atoms with Crippen LogP contribution in [0.4, 0.5) is 10.8 Å². The van der Waals surface area contributed by atoms with E-state index in [1.165, 1.54) is 23.5 Å². The molecule has 0 saturated carbocycles. The maximum atomic E-state index is 10.1. The Morgan fingerprint density at radius 3 is 2.84 bits per heavy atom. The third-order valence-electron chi connectivity index (χ3n) is 3.42. The molecule has 0 unspecified atom stereocenters. The lowest BCUT2D eigenvalue weighted by atomic mass is 10.1. The Kier molecular flexibility index (Phi) is 4.47. The molecule has 1 aromatic carbocycles. The second-order valence-electron chi connectivity index (χ2n) is 5.10. The van der Waals surface area contributed by atoms with Crippen molar-refractivity contribution in [3.8, 4) is 5.88 Å². The number of benzene rings is 1. The molecule has 0 saturated heterocycles. The van der Waals surface area contributed by atoms with E-state index in [1.54, 1.807) is 24.4 Å². The summed E-state index contributed by atoms with van der Waals surface area (Å²) in [4.78, 5) is 4.77. The Morgan fingerprint density at radius 2 is 2.04 bits per heavy atom. The van der Waals surface area contributed by atoms with E-state index in [-0.39, 0.29) is 5.88 Å². The van der Waals surface area contributed by atoms with Crippen molar-refractivity contribution in [3.05, 3.63) is 62.7 Å². The van der Waals surface area contributed by atoms with Crippen molar-refractivity contribution in [1.29, 1.82) is 0 Å². The van der Waals surface area contributed by atoms with Gasteiger partial charge >= 0.3 is 0 Å². The highest BCUT2D eigenvalue weighted by Crippen LogP contribution is 2.37. The molecule has 0 radical (unpaired) electrons. The Bertz CT molecular complexity index is 945. The largest absolute Gasteiger partial charge is 0.492 e. The highest BCUT2D eigenvalue weighted by molar-refractivity contribution is 7.96. The van der Waals surface area contributed by atoms with Crippen LogP contribution in [0.5, 0.6) is 5.88 Å². The van der Waals surface area contributed by atoms with Crippen molar-refractivity contribution in [2.45, 2.75) is 0 Å². The van der Waals surface area contributed by atoms with Crippen molar-refractivity contribution < 1.29 is 5.11 Å². The van der Waals surface area contributed by atoms with Gasteiger partial charge in [0.25, 0.3) is 0 Å². The number of aromatic nitrogens is 1. The molecule has 2 aliphatic heterocycles. The summed E-state index contributed by atoms with van der Waals surface area (Å²) in [5, 5.41) is 14.7. The third-order valence-corrected chi connectivity index (χ3v) is 5.66. The maximum absolute atomic E-state index is 10.1. The molecule has 1 aromatic heterocycles. The fourth-order valence-corrected chi connectivity index (χ4v) is 4.14. The lowest BCUT2D eigenvalue weighted by Gasteiger charge is -2.14. The summed E-state index contributed by atoms with van der Waals surface area (Å²) >= 11 is 15.0. The first-order valence-electron chi connectivity index (χ1n) is 7.12. The van der Waals surface area contributed by atoms with E-state index >= 15 is 0 Å². The minimum atomic E-state index is -0.0492. The number of allylic oxidation sites excluding steroid dienone is 4. The quantitative estimate of drug-likeness (QED) is 0.642. The number of hydrogen-bond donors (Lipinski definition) is 2. The number of para-hydroxylation sites is 1. The summed E-state index contributed by atoms with van der Waals surface area (Å²) in [7, 11) is 0. The first kappa shape index (κ1) is 16.5. The number of nitrogens with zero attached hydrogens (tertiary/aromatic N) is 3. The van der Waals surface area contributed by atoms with Crippen LogP contribution in [0.2, 0.25) is 10.0 Å². The van der Waals surface area contributed by atoms with Gasteiger partial charge in [-0.1, -0.05) is 40.6 Å². The molecule has 0 spiro atoms. The zero-order valence-electron chi connectivity index (χ0n) is 12.5. The van der Waals surface area contributed by atoms with E-state index in [0.29, 0.717) is 25.7 Å². The number of rotatable bonds is 3. The summed E-state index contributed by atoms with van der Waals surface area (Å²) < 4.78 is 6.09. The van der Waals surface area contributed by atoms with Crippen LogP contribution in [0.25, 0.3) is 6.08 Å². The minimum Gasteiger partial charge on any atom is -0.492 e. The zero-order valence-corrected chi connectivity index (χ0v) is 15.6. The number of thiazole rings is 1. The molecule has 3 heterocycles. The molecule has 0 aliphatic carbocycles. The van der Waals surface area contributed by atoms with E-state index < -0.39 is 0 Å². The SMILES string of the molecule is Oc1nc(Nc2c(Cl)cccc2Cl)sc1C=C1C=CN2SN=CC2=C1. The Labute approximate surface area is 162 Å². The standard InChI is InChI=1S/C16H10Cl2N4OS2/c17-11-2-1-3-12(18)14(11)20-16-21-15(23)13(24-16)7-9-4-5-22-10(6-9)8-19-25-22/h1-8,23H,(H,20,21). The minimum absolute atomic E-state index is 0.0492. The molecule has 126 valence electrons. The Morgan fingerprint density at radius 1 is 1.24 bits per heavy atom. The Hall–Kier alpha value is -1.93. The van der Waals surface area contributed by atoms with Gasteiger partial charge in [-0.25, -0.2) is 4.40 Å². The molecule has 4 rings (SSSR count). The fraction of sp³-hybridized carbons (Fsp3) is 0. The van der Waals surface area contributed by atoms with E-state index in [1.807, 2.05) is 28.7 Å². The highest BCUT2D eigenvalue weighted by Gasteiger charge is 2.16. The smallest absolute Gasteiger partial charge is 0.231 e. The molecule has 0 fully saturated rings. The van der Waals surface area contributed by atoms with Gasteiger partial charge in [-0.05, 0) is 35.9 Å². The van der Waals surface area contributed by atoms with Crippen LogP contribution >= 0.6 is 46.7 Å². The van der Waals surface area contributed by atoms with Crippen LogP contribution < -0.4 is 5.32 Å². The summed E-state index contributed by atoms with van der Waals surface area (Å²) in [6, 6.07) is 5.23. The predicted octanol–water partition coefficient (Wildman–Crippen LogP) is 5.64. The van der Waals surface area contributed by atoms with Crippen molar-refractivity contribution >= 4 is 69.8 Å². The highest BCUT2D eigenvalue weighted by atomic mass is 35.5. The molecule has 25 heavy (non-hydrogen) atoms. The lowest BCUT2D eigenvalue weighted by molar-refractivity contribution is 0.457. The average Bonchev–Trinajstić information content (AvgIpc) is 3.18. The van der Waals surface area contributed by atoms with Crippen LogP contribution in [-0.4, -0.2) is 20.6 Å². The number of aromatic hydroxyl groups is 1. The maximum Gasteiger partial charge on any atom is 0.231 e. The predicted molar refractivity (Wildman–Crippen MR) is 107 cm³/mol. The van der Waals surface area contributed by atoms with Crippen molar-refractivity contribution in [2.24, 2.45) is 4.40 Å². The average molecular weight is 409 g/mol. The van der Waals surface area contributed by atoms with E-state index in [2.05, 4.69) is 14.7 Å². The number of anilines is 2. The number of nitrogens with one attached hydrogen (secondary N) is 1. The van der Waals surface area contributed by atoms with Gasteiger partial charge in [-0.15, -0.1) is 0 Å². The van der Waals surface area contributed by atoms with Gasteiger partial charge < -0.3 is 10.4 Å². The van der Waals surface area contributed by atoms with Gasteiger partial charge in [0, 0.05) is 6.20 Å². The molecular weight excluding hydrogens is 399 g/mol. The van der Waals surface area contributed by atoms with E-state index in [4.69, 9.17) is 23.2 Å². The summed E-state index contributed by atoms with van der Waals surface area (Å²) in [6.07, 6.45) is 9.52. The van der Waals surface area contributed by atoms with Gasteiger partial charge in [0.15, 0.2) is 5.13 Å². The van der Waals surface area contributed by atoms with E-state index in [9.17, 15) is 5.11 Å². The van der Waals surface area contributed by atoms with Gasteiger partial charge in [0.1, 0.15) is 0 Å². The van der Waals surface area contributed by atoms with Gasteiger partial charge in [0.2, 0.25) is 5.88 Å². The third kappa shape index (κ3) is 3.41. The molecule has 0 amide bonds. The number of halogens is 2. The molecule has 5 nitrogen and oxygen atoms in total. The second kappa shape index (κ2) is 6.76. The number of fused-ring (bicyclic) bond motifs is 1. The van der Waals surface area contributed by atoms with Crippen LogP contribution in [0.15, 0.2) is 52.2 Å². The van der Waals surface area contributed by atoms with Crippen LogP contribution in [0, 0.1) is 0 Å². The second-order valence-corrected chi connectivity index (χ2v) is 7.71. The first-order chi connectivity index (χ1) is 12.1. The topological polar surface area (TPSA) is 60.8 Å². The van der Waals surface area contributed by atoms with Crippen molar-refractivity contribution in [2.75, 3.05) is 5.32 Å². The summed E-state index contributed by atoms with van der Waals surface area (Å²) in [5.74, 6) is -0.0492. The monoisotopic (exact) mass is 408 g/mol. The molecule has 2 aliphatic rings. The van der Waals surface area contributed by atoms with E-state index in [0.717, 1.165) is 11.3 Å². The number of hydrogen-bond acceptors (Lipinski definition) is 7. The molecule has 9 heteroatoms. The van der Waals surface area contributed by atoms with Gasteiger partial charge in [0.05, 0.1) is 44.7 Å². The van der Waals surface area contributed by atoms with Crippen LogP contribution in [0.3, 0.4) is 0 Å². The van der Waals surface area contributed by atoms with Crippen LogP contribution in [0.1, 0.15) is 4.88 Å². The Balaban J connectivity index is 1.61. The lowest BCUT2D eigenvalue weighted by Crippen LogP contribution is -2.06. The molecule has 0 atom stereocenters. The summed E-state index contributed by atoms with van der Waals surface area (Å²) in [6.45, 7) is 0. The zero-order chi connectivity index (χ0) is 17.4. The van der Waals surface area contributed by atoms with Gasteiger partial charge in [-0.3, -0.25) is 4.31 Å².